The molecule has 122 valence electrons. The summed E-state index contributed by atoms with van der Waals surface area (Å²) in [5.41, 5.74) is 3.63. The van der Waals surface area contributed by atoms with Gasteiger partial charge in [0.1, 0.15) is 6.54 Å². The van der Waals surface area contributed by atoms with Crippen molar-refractivity contribution in [3.63, 3.8) is 0 Å². The number of aryl methyl sites for hydroxylation is 2. The van der Waals surface area contributed by atoms with Gasteiger partial charge in [0.15, 0.2) is 5.43 Å². The third-order valence-corrected chi connectivity index (χ3v) is 4.28. The van der Waals surface area contributed by atoms with Crippen LogP contribution in [0.15, 0.2) is 53.5 Å². The van der Waals surface area contributed by atoms with Crippen LogP contribution in [0.3, 0.4) is 0 Å². The first kappa shape index (κ1) is 16.3. The number of aromatic nitrogens is 1. The molecule has 1 heterocycles. The van der Waals surface area contributed by atoms with Gasteiger partial charge in [-0.3, -0.25) is 9.59 Å². The number of hydrogen-bond donors (Lipinski definition) is 1. The number of anilines is 1. The van der Waals surface area contributed by atoms with Crippen LogP contribution in [-0.4, -0.2) is 10.5 Å². The van der Waals surface area contributed by atoms with Crippen molar-refractivity contribution in [1.82, 2.24) is 4.57 Å². The van der Waals surface area contributed by atoms with Crippen molar-refractivity contribution >= 4 is 34.1 Å². The minimum Gasteiger partial charge on any atom is -0.338 e. The molecule has 0 fully saturated rings. The monoisotopic (exact) mass is 340 g/mol. The molecular formula is C19H17ClN2O2. The van der Waals surface area contributed by atoms with Crippen LogP contribution < -0.4 is 10.7 Å². The predicted molar refractivity (Wildman–Crippen MR) is 97.8 cm³/mol. The molecule has 0 radical (unpaired) electrons. The van der Waals surface area contributed by atoms with Crippen LogP contribution in [0.5, 0.6) is 0 Å². The molecule has 5 heteroatoms. The molecule has 0 bridgehead atoms. The summed E-state index contributed by atoms with van der Waals surface area (Å²) in [5.74, 6) is -0.154. The number of benzene rings is 2. The number of halogens is 1. The van der Waals surface area contributed by atoms with Gasteiger partial charge in [0.2, 0.25) is 5.91 Å². The third kappa shape index (κ3) is 3.34. The lowest BCUT2D eigenvalue weighted by Gasteiger charge is -2.12. The summed E-state index contributed by atoms with van der Waals surface area (Å²) in [6.07, 6.45) is 1.62. The fourth-order valence-corrected chi connectivity index (χ4v) is 2.77. The van der Waals surface area contributed by atoms with Gasteiger partial charge < -0.3 is 9.88 Å². The smallest absolute Gasteiger partial charge is 0.244 e. The maximum Gasteiger partial charge on any atom is 0.244 e. The van der Waals surface area contributed by atoms with Gasteiger partial charge in [-0.1, -0.05) is 17.7 Å². The normalized spacial score (nSPS) is 10.8. The molecule has 0 aliphatic rings. The molecule has 0 aliphatic carbocycles. The van der Waals surface area contributed by atoms with Crippen molar-refractivity contribution in [2.75, 3.05) is 5.32 Å². The van der Waals surface area contributed by atoms with Gasteiger partial charge in [0.05, 0.1) is 5.52 Å². The minimum absolute atomic E-state index is 0.113. The van der Waals surface area contributed by atoms with E-state index in [0.29, 0.717) is 15.9 Å². The van der Waals surface area contributed by atoms with Gasteiger partial charge in [0, 0.05) is 28.4 Å². The van der Waals surface area contributed by atoms with Crippen LogP contribution in [0.1, 0.15) is 11.1 Å². The standard InChI is InChI=1S/C19H17ClN2O2/c1-12-3-5-15(9-13(12)2)21-19(24)11-22-8-7-18(23)16-10-14(20)4-6-17(16)22/h3-10H,11H2,1-2H3,(H,21,24). The number of rotatable bonds is 3. The van der Waals surface area contributed by atoms with Crippen LogP contribution in [0.25, 0.3) is 10.9 Å². The molecule has 3 rings (SSSR count). The van der Waals surface area contributed by atoms with Crippen LogP contribution >= 0.6 is 11.6 Å². The van der Waals surface area contributed by atoms with Crippen molar-refractivity contribution in [1.29, 1.82) is 0 Å². The molecule has 1 aromatic heterocycles. The molecule has 1 N–H and O–H groups in total. The van der Waals surface area contributed by atoms with E-state index in [4.69, 9.17) is 11.6 Å². The first-order valence-corrected chi connectivity index (χ1v) is 7.97. The summed E-state index contributed by atoms with van der Waals surface area (Å²) in [4.78, 5) is 24.3. The molecule has 0 aliphatic heterocycles. The average molecular weight is 341 g/mol. The van der Waals surface area contributed by atoms with Crippen LogP contribution in [0, 0.1) is 13.8 Å². The van der Waals surface area contributed by atoms with Crippen molar-refractivity contribution < 1.29 is 4.79 Å². The lowest BCUT2D eigenvalue weighted by Crippen LogP contribution is -2.20. The van der Waals surface area contributed by atoms with E-state index in [1.807, 2.05) is 32.0 Å². The van der Waals surface area contributed by atoms with E-state index in [0.717, 1.165) is 11.3 Å². The van der Waals surface area contributed by atoms with Crippen LogP contribution in [0.4, 0.5) is 5.69 Å². The summed E-state index contributed by atoms with van der Waals surface area (Å²) in [6.45, 7) is 4.15. The van der Waals surface area contributed by atoms with Crippen LogP contribution in [-0.2, 0) is 11.3 Å². The molecule has 0 atom stereocenters. The first-order chi connectivity index (χ1) is 11.4. The summed E-state index contributed by atoms with van der Waals surface area (Å²) >= 11 is 5.96. The number of carbonyl (C=O) groups is 1. The number of nitrogens with one attached hydrogen (secondary N) is 1. The van der Waals surface area contributed by atoms with E-state index >= 15 is 0 Å². The molecule has 3 aromatic rings. The molecule has 24 heavy (non-hydrogen) atoms. The number of nitrogens with zero attached hydrogens (tertiary/aromatic N) is 1. The van der Waals surface area contributed by atoms with Gasteiger partial charge in [-0.05, 0) is 55.3 Å². The fourth-order valence-electron chi connectivity index (χ4n) is 2.60. The first-order valence-electron chi connectivity index (χ1n) is 7.60. The third-order valence-electron chi connectivity index (χ3n) is 4.04. The highest BCUT2D eigenvalue weighted by atomic mass is 35.5. The second-order valence-corrected chi connectivity index (χ2v) is 6.25. The lowest BCUT2D eigenvalue weighted by molar-refractivity contribution is -0.116. The zero-order valence-electron chi connectivity index (χ0n) is 13.5. The van der Waals surface area contributed by atoms with Crippen molar-refractivity contribution in [2.45, 2.75) is 20.4 Å². The Balaban J connectivity index is 1.87. The molecule has 1 amide bonds. The van der Waals surface area contributed by atoms with Crippen molar-refractivity contribution in [3.8, 4) is 0 Å². The Morgan fingerprint density at radius 3 is 2.62 bits per heavy atom. The summed E-state index contributed by atoms with van der Waals surface area (Å²) in [6, 6.07) is 12.3. The quantitative estimate of drug-likeness (QED) is 0.786. The molecule has 2 aromatic carbocycles. The second-order valence-electron chi connectivity index (χ2n) is 5.82. The van der Waals surface area contributed by atoms with E-state index < -0.39 is 0 Å². The summed E-state index contributed by atoms with van der Waals surface area (Å²) in [5, 5.41) is 3.89. The maximum absolute atomic E-state index is 12.3. The molecule has 0 spiro atoms. The maximum atomic E-state index is 12.3. The molecule has 4 nitrogen and oxygen atoms in total. The Bertz CT molecular complexity index is 992. The second kappa shape index (κ2) is 6.49. The zero-order chi connectivity index (χ0) is 17.3. The largest absolute Gasteiger partial charge is 0.338 e. The molecule has 0 unspecified atom stereocenters. The highest BCUT2D eigenvalue weighted by Gasteiger charge is 2.08. The van der Waals surface area contributed by atoms with E-state index in [2.05, 4.69) is 5.32 Å². The zero-order valence-corrected chi connectivity index (χ0v) is 14.2. The Morgan fingerprint density at radius 2 is 1.88 bits per heavy atom. The number of hydrogen-bond acceptors (Lipinski definition) is 2. The van der Waals surface area contributed by atoms with Gasteiger partial charge in [-0.25, -0.2) is 0 Å². The molecule has 0 saturated carbocycles. The average Bonchev–Trinajstić information content (AvgIpc) is 2.54. The number of carbonyl (C=O) groups excluding carboxylic acids is 1. The Kier molecular flexibility index (Phi) is 4.40. The molecular weight excluding hydrogens is 324 g/mol. The van der Waals surface area contributed by atoms with Gasteiger partial charge in [-0.2, -0.15) is 0 Å². The lowest BCUT2D eigenvalue weighted by atomic mass is 10.1. The molecule has 0 saturated heterocycles. The summed E-state index contributed by atoms with van der Waals surface area (Å²) < 4.78 is 1.74. The van der Waals surface area contributed by atoms with E-state index in [-0.39, 0.29) is 17.9 Å². The van der Waals surface area contributed by atoms with Crippen molar-refractivity contribution in [2.24, 2.45) is 0 Å². The van der Waals surface area contributed by atoms with Gasteiger partial charge in [0.25, 0.3) is 0 Å². The minimum atomic E-state index is -0.154. The van der Waals surface area contributed by atoms with Crippen molar-refractivity contribution in [3.05, 3.63) is 75.0 Å². The van der Waals surface area contributed by atoms with E-state index in [1.165, 1.54) is 11.6 Å². The Hall–Kier alpha value is -2.59. The van der Waals surface area contributed by atoms with Gasteiger partial charge >= 0.3 is 0 Å². The highest BCUT2D eigenvalue weighted by Crippen LogP contribution is 2.17. The fraction of sp³-hybridized carbons (Fsp3) is 0.158. The summed E-state index contributed by atoms with van der Waals surface area (Å²) in [7, 11) is 0. The number of fused-ring (bicyclic) bond motifs is 1. The van der Waals surface area contributed by atoms with Crippen LogP contribution in [0.2, 0.25) is 5.02 Å². The Morgan fingerprint density at radius 1 is 1.08 bits per heavy atom. The topological polar surface area (TPSA) is 51.1 Å². The SMILES string of the molecule is Cc1ccc(NC(=O)Cn2ccc(=O)c3cc(Cl)ccc32)cc1C. The number of pyridine rings is 1. The number of amides is 1. The van der Waals surface area contributed by atoms with E-state index in [1.54, 1.807) is 29.0 Å². The Labute approximate surface area is 144 Å². The predicted octanol–water partition coefficient (Wildman–Crippen LogP) is 3.91. The van der Waals surface area contributed by atoms with Gasteiger partial charge in [-0.15, -0.1) is 0 Å². The van der Waals surface area contributed by atoms with E-state index in [9.17, 15) is 9.59 Å². The highest BCUT2D eigenvalue weighted by molar-refractivity contribution is 6.31.